The molecule has 80 valence electrons. The molecule has 0 heterocycles. The maximum atomic E-state index is 2.52. The fourth-order valence-electron chi connectivity index (χ4n) is 3.09. The van der Waals surface area contributed by atoms with Crippen LogP contribution in [0.4, 0.5) is 0 Å². The third-order valence-corrected chi connectivity index (χ3v) is 4.31. The molecule has 0 nitrogen and oxygen atoms in total. The maximum absolute atomic E-state index is 2.52. The summed E-state index contributed by atoms with van der Waals surface area (Å²) >= 11 is 0. The summed E-state index contributed by atoms with van der Waals surface area (Å²) in [6.45, 7) is 4.75. The van der Waals surface area contributed by atoms with Crippen molar-refractivity contribution in [1.29, 1.82) is 0 Å². The van der Waals surface area contributed by atoms with Crippen LogP contribution in [0.3, 0.4) is 0 Å². The molecule has 14 heavy (non-hydrogen) atoms. The van der Waals surface area contributed by atoms with Crippen molar-refractivity contribution in [2.75, 3.05) is 0 Å². The van der Waals surface area contributed by atoms with E-state index in [1.165, 1.54) is 38.5 Å². The van der Waals surface area contributed by atoms with E-state index >= 15 is 0 Å². The minimum atomic E-state index is 0.841. The summed E-state index contributed by atoms with van der Waals surface area (Å²) in [5.74, 6) is 3.79. The quantitative estimate of drug-likeness (QED) is 0.540. The predicted octanol–water partition coefficient (Wildman–Crippen LogP) is 4.42. The van der Waals surface area contributed by atoms with Gasteiger partial charge in [0.2, 0.25) is 0 Å². The Kier molecular flexibility index (Phi) is 3.30. The molecule has 0 spiro atoms. The SMILES string of the molecule is CC1C=C[C@@H](C2CCC(C)CC2)CC1. The van der Waals surface area contributed by atoms with E-state index in [1.54, 1.807) is 0 Å². The van der Waals surface area contributed by atoms with Crippen molar-refractivity contribution < 1.29 is 0 Å². The molecule has 0 amide bonds. The van der Waals surface area contributed by atoms with Gasteiger partial charge in [-0.3, -0.25) is 0 Å². The Morgan fingerprint density at radius 2 is 1.50 bits per heavy atom. The first-order valence-electron chi connectivity index (χ1n) is 6.44. The highest BCUT2D eigenvalue weighted by molar-refractivity contribution is 4.99. The minimum absolute atomic E-state index is 0.841. The molecule has 1 saturated carbocycles. The van der Waals surface area contributed by atoms with E-state index in [9.17, 15) is 0 Å². The summed E-state index contributed by atoms with van der Waals surface area (Å²) < 4.78 is 0. The highest BCUT2D eigenvalue weighted by Crippen LogP contribution is 2.38. The molecule has 0 N–H and O–H groups in total. The van der Waals surface area contributed by atoms with E-state index in [0.29, 0.717) is 0 Å². The van der Waals surface area contributed by atoms with Crippen LogP contribution in [0.1, 0.15) is 52.4 Å². The second-order valence-electron chi connectivity index (χ2n) is 5.62. The summed E-state index contributed by atoms with van der Waals surface area (Å²) in [5, 5.41) is 0. The number of hydrogen-bond donors (Lipinski definition) is 0. The van der Waals surface area contributed by atoms with Crippen LogP contribution in [-0.2, 0) is 0 Å². The van der Waals surface area contributed by atoms with Crippen LogP contribution in [0.2, 0.25) is 0 Å². The van der Waals surface area contributed by atoms with Gasteiger partial charge in [0.15, 0.2) is 0 Å². The first-order chi connectivity index (χ1) is 6.75. The van der Waals surface area contributed by atoms with Crippen molar-refractivity contribution in [3.05, 3.63) is 12.2 Å². The van der Waals surface area contributed by atoms with E-state index in [-0.39, 0.29) is 0 Å². The van der Waals surface area contributed by atoms with Crippen LogP contribution < -0.4 is 0 Å². The van der Waals surface area contributed by atoms with Crippen LogP contribution in [0, 0.1) is 23.7 Å². The molecule has 2 atom stereocenters. The monoisotopic (exact) mass is 192 g/mol. The van der Waals surface area contributed by atoms with Gasteiger partial charge in [0.05, 0.1) is 0 Å². The zero-order chi connectivity index (χ0) is 9.97. The van der Waals surface area contributed by atoms with Gasteiger partial charge in [-0.1, -0.05) is 38.8 Å². The van der Waals surface area contributed by atoms with Crippen LogP contribution >= 0.6 is 0 Å². The third kappa shape index (κ3) is 2.40. The fraction of sp³-hybridized carbons (Fsp3) is 0.857. The number of hydrogen-bond acceptors (Lipinski definition) is 0. The van der Waals surface area contributed by atoms with Crippen molar-refractivity contribution in [1.82, 2.24) is 0 Å². The van der Waals surface area contributed by atoms with Crippen LogP contribution in [0.25, 0.3) is 0 Å². The van der Waals surface area contributed by atoms with Crippen LogP contribution in [-0.4, -0.2) is 0 Å². The summed E-state index contributed by atoms with van der Waals surface area (Å²) in [6, 6.07) is 0. The molecule has 0 heteroatoms. The van der Waals surface area contributed by atoms with Crippen LogP contribution in [0.5, 0.6) is 0 Å². The highest BCUT2D eigenvalue weighted by Gasteiger charge is 2.25. The topological polar surface area (TPSA) is 0 Å². The Labute approximate surface area is 88.8 Å². The van der Waals surface area contributed by atoms with Gasteiger partial charge in [-0.05, 0) is 49.4 Å². The Hall–Kier alpha value is -0.260. The lowest BCUT2D eigenvalue weighted by atomic mass is 9.72. The Morgan fingerprint density at radius 3 is 2.07 bits per heavy atom. The molecule has 0 saturated heterocycles. The predicted molar refractivity (Wildman–Crippen MR) is 62.2 cm³/mol. The van der Waals surface area contributed by atoms with E-state index < -0.39 is 0 Å². The zero-order valence-corrected chi connectivity index (χ0v) is 9.71. The first-order valence-corrected chi connectivity index (χ1v) is 6.44. The minimum Gasteiger partial charge on any atom is -0.0854 e. The molecule has 0 aromatic carbocycles. The first kappa shape index (κ1) is 10.3. The normalized spacial score (nSPS) is 43.9. The Balaban J connectivity index is 1.87. The van der Waals surface area contributed by atoms with Gasteiger partial charge in [-0.25, -0.2) is 0 Å². The summed E-state index contributed by atoms with van der Waals surface area (Å²) in [4.78, 5) is 0. The van der Waals surface area contributed by atoms with Gasteiger partial charge >= 0.3 is 0 Å². The van der Waals surface area contributed by atoms with Crippen LogP contribution in [0.15, 0.2) is 12.2 Å². The van der Waals surface area contributed by atoms with Gasteiger partial charge in [-0.2, -0.15) is 0 Å². The van der Waals surface area contributed by atoms with E-state index in [1.807, 2.05) is 0 Å². The summed E-state index contributed by atoms with van der Waals surface area (Å²) in [7, 11) is 0. The Morgan fingerprint density at radius 1 is 0.786 bits per heavy atom. The second kappa shape index (κ2) is 4.51. The van der Waals surface area contributed by atoms with Crippen molar-refractivity contribution in [2.45, 2.75) is 52.4 Å². The van der Waals surface area contributed by atoms with E-state index in [4.69, 9.17) is 0 Å². The molecule has 0 aromatic rings. The van der Waals surface area contributed by atoms with Crippen molar-refractivity contribution in [2.24, 2.45) is 23.7 Å². The van der Waals surface area contributed by atoms with Gasteiger partial charge in [0.1, 0.15) is 0 Å². The van der Waals surface area contributed by atoms with E-state index in [0.717, 1.165) is 23.7 Å². The second-order valence-corrected chi connectivity index (χ2v) is 5.62. The molecular formula is C14H24. The lowest BCUT2D eigenvalue weighted by molar-refractivity contribution is 0.222. The molecule has 0 aliphatic heterocycles. The third-order valence-electron chi connectivity index (χ3n) is 4.31. The highest BCUT2D eigenvalue weighted by atomic mass is 14.3. The van der Waals surface area contributed by atoms with Gasteiger partial charge in [0.25, 0.3) is 0 Å². The average Bonchev–Trinajstić information content (AvgIpc) is 2.21. The summed E-state index contributed by atoms with van der Waals surface area (Å²) in [5.41, 5.74) is 0. The molecule has 2 rings (SSSR count). The zero-order valence-electron chi connectivity index (χ0n) is 9.71. The van der Waals surface area contributed by atoms with Gasteiger partial charge in [0, 0.05) is 0 Å². The lowest BCUT2D eigenvalue weighted by Gasteiger charge is -2.33. The van der Waals surface area contributed by atoms with Gasteiger partial charge < -0.3 is 0 Å². The molecule has 2 aliphatic carbocycles. The molecular weight excluding hydrogens is 168 g/mol. The molecule has 0 bridgehead atoms. The van der Waals surface area contributed by atoms with Crippen molar-refractivity contribution in [3.8, 4) is 0 Å². The lowest BCUT2D eigenvalue weighted by Crippen LogP contribution is -2.21. The molecule has 1 unspecified atom stereocenters. The molecule has 1 fully saturated rings. The number of allylic oxidation sites excluding steroid dienone is 2. The number of rotatable bonds is 1. The largest absolute Gasteiger partial charge is 0.0854 e. The molecule has 2 aliphatic rings. The molecule has 0 aromatic heterocycles. The average molecular weight is 192 g/mol. The van der Waals surface area contributed by atoms with Crippen molar-refractivity contribution in [3.63, 3.8) is 0 Å². The fourth-order valence-corrected chi connectivity index (χ4v) is 3.09. The van der Waals surface area contributed by atoms with Crippen molar-refractivity contribution >= 4 is 0 Å². The maximum Gasteiger partial charge on any atom is -0.0205 e. The summed E-state index contributed by atoms with van der Waals surface area (Å²) in [6.07, 6.45) is 13.8. The van der Waals surface area contributed by atoms with E-state index in [2.05, 4.69) is 26.0 Å². The Bertz CT molecular complexity index is 196. The molecule has 0 radical (unpaired) electrons. The smallest absolute Gasteiger partial charge is 0.0205 e. The standard InChI is InChI=1S/C14H24/c1-11-3-7-13(8-4-11)14-9-5-12(2)6-10-14/h3,7,11-14H,4-6,8-10H2,1-2H3/t11?,12?,13-,14?/m1/s1. The van der Waals surface area contributed by atoms with Gasteiger partial charge in [-0.15, -0.1) is 0 Å².